The topological polar surface area (TPSA) is 61.4 Å². The van der Waals surface area contributed by atoms with E-state index in [0.29, 0.717) is 18.5 Å². The zero-order valence-electron chi connectivity index (χ0n) is 12.2. The number of carbonyl (C=O) groups is 2. The lowest BCUT2D eigenvalue weighted by molar-refractivity contribution is -0.115. The van der Waals surface area contributed by atoms with Crippen molar-refractivity contribution >= 4 is 17.5 Å². The fraction of sp³-hybridized carbons (Fsp3) is 0.500. The lowest BCUT2D eigenvalue weighted by atomic mass is 10.1. The monoisotopic (exact) mass is 287 g/mol. The van der Waals surface area contributed by atoms with Gasteiger partial charge in [0.05, 0.1) is 6.42 Å². The van der Waals surface area contributed by atoms with Crippen molar-refractivity contribution in [2.24, 2.45) is 0 Å². The van der Waals surface area contributed by atoms with Crippen LogP contribution in [0.2, 0.25) is 0 Å². The van der Waals surface area contributed by atoms with Crippen molar-refractivity contribution in [2.45, 2.75) is 25.7 Å². The van der Waals surface area contributed by atoms with Gasteiger partial charge >= 0.3 is 0 Å². The number of hydrogen-bond donors (Lipinski definition) is 2. The summed E-state index contributed by atoms with van der Waals surface area (Å²) in [6.45, 7) is 3.87. The van der Waals surface area contributed by atoms with Crippen molar-refractivity contribution in [3.8, 4) is 0 Å². The minimum atomic E-state index is -0.0610. The van der Waals surface area contributed by atoms with E-state index in [4.69, 9.17) is 0 Å². The predicted octanol–water partition coefficient (Wildman–Crippen LogP) is 1.40. The van der Waals surface area contributed by atoms with Crippen LogP contribution >= 0.6 is 0 Å². The zero-order chi connectivity index (χ0) is 14.7. The molecular weight excluding hydrogens is 266 g/mol. The van der Waals surface area contributed by atoms with Gasteiger partial charge < -0.3 is 15.5 Å². The van der Waals surface area contributed by atoms with E-state index in [-0.39, 0.29) is 11.8 Å². The molecule has 21 heavy (non-hydrogen) atoms. The number of anilines is 1. The molecule has 1 fully saturated rings. The Balaban J connectivity index is 1.51. The molecule has 2 heterocycles. The Morgan fingerprint density at radius 1 is 1.24 bits per heavy atom. The van der Waals surface area contributed by atoms with Crippen LogP contribution in [-0.4, -0.2) is 42.9 Å². The number of fused-ring (bicyclic) bond motifs is 1. The fourth-order valence-corrected chi connectivity index (χ4v) is 2.98. The smallest absolute Gasteiger partial charge is 0.251 e. The third kappa shape index (κ3) is 3.42. The minimum Gasteiger partial charge on any atom is -0.351 e. The summed E-state index contributed by atoms with van der Waals surface area (Å²) in [5, 5.41) is 5.74. The lowest BCUT2D eigenvalue weighted by Crippen LogP contribution is -2.37. The Bertz CT molecular complexity index is 550. The fourth-order valence-electron chi connectivity index (χ4n) is 2.98. The summed E-state index contributed by atoms with van der Waals surface area (Å²) in [6.07, 6.45) is 4.22. The van der Waals surface area contributed by atoms with E-state index in [2.05, 4.69) is 15.5 Å². The van der Waals surface area contributed by atoms with Gasteiger partial charge in [0, 0.05) is 24.3 Å². The van der Waals surface area contributed by atoms with Gasteiger partial charge in [0.25, 0.3) is 5.91 Å². The number of rotatable bonds is 4. The van der Waals surface area contributed by atoms with Gasteiger partial charge in [-0.2, -0.15) is 0 Å². The van der Waals surface area contributed by atoms with Crippen LogP contribution in [0.15, 0.2) is 18.2 Å². The van der Waals surface area contributed by atoms with Crippen LogP contribution in [0.4, 0.5) is 5.69 Å². The van der Waals surface area contributed by atoms with Crippen LogP contribution in [0, 0.1) is 0 Å². The predicted molar refractivity (Wildman–Crippen MR) is 81.4 cm³/mol. The van der Waals surface area contributed by atoms with Crippen LogP contribution in [-0.2, 0) is 11.2 Å². The standard InChI is InChI=1S/C16H21N3O2/c20-15-11-13-10-12(4-5-14(13)18-15)16(21)17-6-9-19-7-2-1-3-8-19/h4-5,10H,1-3,6-9,11H2,(H,17,21)(H,18,20). The minimum absolute atomic E-state index is 0.00680. The molecule has 1 aromatic carbocycles. The summed E-state index contributed by atoms with van der Waals surface area (Å²) in [6, 6.07) is 5.38. The molecule has 0 saturated carbocycles. The van der Waals surface area contributed by atoms with Crippen LogP contribution in [0.3, 0.4) is 0 Å². The number of nitrogens with zero attached hydrogens (tertiary/aromatic N) is 1. The normalized spacial score (nSPS) is 18.2. The molecular formula is C16H21N3O2. The van der Waals surface area contributed by atoms with Crippen LogP contribution in [0.25, 0.3) is 0 Å². The number of nitrogens with one attached hydrogen (secondary N) is 2. The molecule has 0 bridgehead atoms. The molecule has 2 amide bonds. The van der Waals surface area contributed by atoms with Crippen molar-refractivity contribution in [2.75, 3.05) is 31.5 Å². The molecule has 0 unspecified atom stereocenters. The molecule has 0 atom stereocenters. The molecule has 3 rings (SSSR count). The Kier molecular flexibility index (Phi) is 4.20. The summed E-state index contributed by atoms with van der Waals surface area (Å²) in [7, 11) is 0. The second-order valence-corrected chi connectivity index (χ2v) is 5.76. The van der Waals surface area contributed by atoms with Gasteiger partial charge in [-0.15, -0.1) is 0 Å². The summed E-state index contributed by atoms with van der Waals surface area (Å²) in [4.78, 5) is 25.8. The molecule has 0 spiro atoms. The van der Waals surface area contributed by atoms with Crippen LogP contribution < -0.4 is 10.6 Å². The summed E-state index contributed by atoms with van der Waals surface area (Å²) < 4.78 is 0. The molecule has 1 aromatic rings. The Morgan fingerprint density at radius 3 is 2.86 bits per heavy atom. The summed E-state index contributed by atoms with van der Waals surface area (Å²) >= 11 is 0. The molecule has 2 aliphatic heterocycles. The first-order chi connectivity index (χ1) is 10.2. The number of carbonyl (C=O) groups excluding carboxylic acids is 2. The molecule has 5 heteroatoms. The quantitative estimate of drug-likeness (QED) is 0.880. The van der Waals surface area contributed by atoms with E-state index < -0.39 is 0 Å². The number of amides is 2. The van der Waals surface area contributed by atoms with Gasteiger partial charge in [-0.3, -0.25) is 9.59 Å². The molecule has 1 saturated heterocycles. The Morgan fingerprint density at radius 2 is 2.05 bits per heavy atom. The maximum atomic E-state index is 12.1. The second kappa shape index (κ2) is 6.26. The maximum absolute atomic E-state index is 12.1. The molecule has 0 radical (unpaired) electrons. The van der Waals surface area contributed by atoms with Crippen molar-refractivity contribution in [1.82, 2.24) is 10.2 Å². The second-order valence-electron chi connectivity index (χ2n) is 5.76. The highest BCUT2D eigenvalue weighted by atomic mass is 16.2. The third-order valence-corrected chi connectivity index (χ3v) is 4.15. The first-order valence-electron chi connectivity index (χ1n) is 7.66. The van der Waals surface area contributed by atoms with Crippen LogP contribution in [0.1, 0.15) is 35.2 Å². The van der Waals surface area contributed by atoms with Gasteiger partial charge in [0.15, 0.2) is 0 Å². The van der Waals surface area contributed by atoms with E-state index in [9.17, 15) is 9.59 Å². The van der Waals surface area contributed by atoms with Crippen molar-refractivity contribution in [3.63, 3.8) is 0 Å². The van der Waals surface area contributed by atoms with E-state index in [1.165, 1.54) is 19.3 Å². The summed E-state index contributed by atoms with van der Waals surface area (Å²) in [5.74, 6) is -0.0678. The number of hydrogen-bond acceptors (Lipinski definition) is 3. The number of likely N-dealkylation sites (tertiary alicyclic amines) is 1. The van der Waals surface area contributed by atoms with Crippen LogP contribution in [0.5, 0.6) is 0 Å². The molecule has 112 valence electrons. The highest BCUT2D eigenvalue weighted by Gasteiger charge is 2.19. The van der Waals surface area contributed by atoms with Crippen molar-refractivity contribution in [1.29, 1.82) is 0 Å². The number of piperidine rings is 1. The van der Waals surface area contributed by atoms with E-state index >= 15 is 0 Å². The van der Waals surface area contributed by atoms with Gasteiger partial charge in [0.1, 0.15) is 0 Å². The van der Waals surface area contributed by atoms with Gasteiger partial charge in [-0.25, -0.2) is 0 Å². The highest BCUT2D eigenvalue weighted by molar-refractivity contribution is 6.01. The first kappa shape index (κ1) is 14.1. The molecule has 5 nitrogen and oxygen atoms in total. The average Bonchev–Trinajstić information content (AvgIpc) is 2.87. The van der Waals surface area contributed by atoms with Crippen molar-refractivity contribution < 1.29 is 9.59 Å². The Labute approximate surface area is 124 Å². The summed E-state index contributed by atoms with van der Waals surface area (Å²) in [5.41, 5.74) is 2.36. The van der Waals surface area contributed by atoms with Crippen molar-refractivity contribution in [3.05, 3.63) is 29.3 Å². The largest absolute Gasteiger partial charge is 0.351 e. The maximum Gasteiger partial charge on any atom is 0.251 e. The average molecular weight is 287 g/mol. The van der Waals surface area contributed by atoms with E-state index in [1.807, 2.05) is 6.07 Å². The van der Waals surface area contributed by atoms with Gasteiger partial charge in [-0.1, -0.05) is 6.42 Å². The van der Waals surface area contributed by atoms with E-state index in [0.717, 1.165) is 30.9 Å². The Hall–Kier alpha value is -1.88. The lowest BCUT2D eigenvalue weighted by Gasteiger charge is -2.26. The van der Waals surface area contributed by atoms with E-state index in [1.54, 1.807) is 12.1 Å². The van der Waals surface area contributed by atoms with Gasteiger partial charge in [0.2, 0.25) is 5.91 Å². The van der Waals surface area contributed by atoms with Gasteiger partial charge in [-0.05, 0) is 49.7 Å². The molecule has 0 aliphatic carbocycles. The SMILES string of the molecule is O=C1Cc2cc(C(=O)NCCN3CCCCC3)ccc2N1. The zero-order valence-corrected chi connectivity index (χ0v) is 12.2. The number of benzene rings is 1. The highest BCUT2D eigenvalue weighted by Crippen LogP contribution is 2.23. The molecule has 2 N–H and O–H groups in total. The molecule has 0 aromatic heterocycles. The molecule has 2 aliphatic rings. The first-order valence-corrected chi connectivity index (χ1v) is 7.66. The third-order valence-electron chi connectivity index (χ3n) is 4.15.